The van der Waals surface area contributed by atoms with Crippen LogP contribution in [-0.2, 0) is 16.0 Å². The minimum Gasteiger partial charge on any atom is -0.496 e. The number of hydrogen-bond donors (Lipinski definition) is 1. The van der Waals surface area contributed by atoms with Crippen LogP contribution in [0.5, 0.6) is 5.75 Å². The van der Waals surface area contributed by atoms with E-state index in [0.29, 0.717) is 38.6 Å². The van der Waals surface area contributed by atoms with E-state index in [4.69, 9.17) is 9.47 Å². The topological polar surface area (TPSA) is 50.8 Å². The minimum absolute atomic E-state index is 0. The van der Waals surface area contributed by atoms with Crippen molar-refractivity contribution in [3.63, 3.8) is 0 Å². The van der Waals surface area contributed by atoms with Crippen molar-refractivity contribution in [1.82, 2.24) is 10.2 Å². The summed E-state index contributed by atoms with van der Waals surface area (Å²) in [5, 5.41) is 3.40. The molecule has 2 heterocycles. The van der Waals surface area contributed by atoms with Gasteiger partial charge in [0.05, 0.1) is 26.7 Å². The van der Waals surface area contributed by atoms with Crippen molar-refractivity contribution >= 4 is 18.3 Å². The van der Waals surface area contributed by atoms with Crippen molar-refractivity contribution in [2.24, 2.45) is 0 Å². The van der Waals surface area contributed by atoms with E-state index in [-0.39, 0.29) is 18.3 Å². The van der Waals surface area contributed by atoms with E-state index < -0.39 is 0 Å². The molecule has 1 amide bonds. The Balaban J connectivity index is 0.00000208. The quantitative estimate of drug-likeness (QED) is 0.898. The molecule has 2 fully saturated rings. The number of halogens is 1. The summed E-state index contributed by atoms with van der Waals surface area (Å²) in [5.74, 6) is 1.58. The van der Waals surface area contributed by atoms with Crippen molar-refractivity contribution in [2.75, 3.05) is 46.5 Å². The van der Waals surface area contributed by atoms with Gasteiger partial charge in [-0.2, -0.15) is 0 Å². The van der Waals surface area contributed by atoms with Gasteiger partial charge in [-0.15, -0.1) is 12.4 Å². The number of benzene rings is 1. The number of nitrogens with zero attached hydrogens (tertiary/aromatic N) is 1. The molecule has 24 heavy (non-hydrogen) atoms. The molecule has 3 rings (SSSR count). The van der Waals surface area contributed by atoms with Crippen molar-refractivity contribution in [2.45, 2.75) is 25.2 Å². The Morgan fingerprint density at radius 2 is 2.00 bits per heavy atom. The highest BCUT2D eigenvalue weighted by Gasteiger charge is 2.20. The zero-order valence-electron chi connectivity index (χ0n) is 14.3. The first kappa shape index (κ1) is 19.0. The molecule has 1 aromatic rings. The SMILES string of the molecule is COc1cc(C2CCNCC2)ccc1CC(=O)N1CCOCC1.Cl. The molecule has 0 aromatic heterocycles. The molecular weight excluding hydrogens is 328 g/mol. The van der Waals surface area contributed by atoms with Gasteiger partial charge >= 0.3 is 0 Å². The first-order valence-corrected chi connectivity index (χ1v) is 8.51. The van der Waals surface area contributed by atoms with Crippen LogP contribution in [0.2, 0.25) is 0 Å². The molecule has 0 spiro atoms. The molecule has 0 atom stereocenters. The molecule has 0 unspecified atom stereocenters. The van der Waals surface area contributed by atoms with Gasteiger partial charge in [-0.3, -0.25) is 4.79 Å². The summed E-state index contributed by atoms with van der Waals surface area (Å²) in [7, 11) is 1.68. The highest BCUT2D eigenvalue weighted by molar-refractivity contribution is 5.85. The first-order chi connectivity index (χ1) is 11.3. The maximum Gasteiger partial charge on any atom is 0.227 e. The Bertz CT molecular complexity index is 541. The third-order valence-electron chi connectivity index (χ3n) is 4.83. The highest BCUT2D eigenvalue weighted by atomic mass is 35.5. The number of nitrogens with one attached hydrogen (secondary N) is 1. The van der Waals surface area contributed by atoms with E-state index in [1.54, 1.807) is 7.11 Å². The van der Waals surface area contributed by atoms with E-state index in [1.807, 2.05) is 4.90 Å². The standard InChI is InChI=1S/C18H26N2O3.ClH/c1-22-17-12-15(14-4-6-19-7-5-14)2-3-16(17)13-18(21)20-8-10-23-11-9-20;/h2-3,12,14,19H,4-11,13H2,1H3;1H. The molecule has 134 valence electrons. The van der Waals surface area contributed by atoms with Gasteiger partial charge in [-0.05, 0) is 43.5 Å². The molecular formula is C18H27ClN2O3. The monoisotopic (exact) mass is 354 g/mol. The van der Waals surface area contributed by atoms with Crippen molar-refractivity contribution < 1.29 is 14.3 Å². The summed E-state index contributed by atoms with van der Waals surface area (Å²) < 4.78 is 10.9. The predicted octanol–water partition coefficient (Wildman–Crippen LogP) is 1.99. The Kier molecular flexibility index (Phi) is 7.34. The molecule has 2 saturated heterocycles. The van der Waals surface area contributed by atoms with Crippen LogP contribution in [0, 0.1) is 0 Å². The van der Waals surface area contributed by atoms with Crippen LogP contribution in [0.4, 0.5) is 0 Å². The van der Waals surface area contributed by atoms with Crippen LogP contribution in [0.1, 0.15) is 29.9 Å². The molecule has 0 aliphatic carbocycles. The smallest absolute Gasteiger partial charge is 0.227 e. The molecule has 0 radical (unpaired) electrons. The molecule has 1 N–H and O–H groups in total. The Morgan fingerprint density at radius 1 is 1.29 bits per heavy atom. The van der Waals surface area contributed by atoms with Crippen LogP contribution in [0.25, 0.3) is 0 Å². The highest BCUT2D eigenvalue weighted by Crippen LogP contribution is 2.30. The zero-order chi connectivity index (χ0) is 16.1. The second-order valence-electron chi connectivity index (χ2n) is 6.27. The van der Waals surface area contributed by atoms with E-state index in [0.717, 1.165) is 37.2 Å². The van der Waals surface area contributed by atoms with Crippen molar-refractivity contribution in [1.29, 1.82) is 0 Å². The summed E-state index contributed by atoms with van der Waals surface area (Å²) in [5.41, 5.74) is 2.30. The normalized spacial score (nSPS) is 18.8. The summed E-state index contributed by atoms with van der Waals surface area (Å²) in [4.78, 5) is 14.3. The minimum atomic E-state index is 0. The number of carbonyl (C=O) groups excluding carboxylic acids is 1. The van der Waals surface area contributed by atoms with E-state index >= 15 is 0 Å². The number of rotatable bonds is 4. The van der Waals surface area contributed by atoms with Gasteiger partial charge in [0.2, 0.25) is 5.91 Å². The third-order valence-corrected chi connectivity index (χ3v) is 4.83. The zero-order valence-corrected chi connectivity index (χ0v) is 15.1. The summed E-state index contributed by atoms with van der Waals surface area (Å²) in [6.07, 6.45) is 2.72. The predicted molar refractivity (Wildman–Crippen MR) is 96.2 cm³/mol. The van der Waals surface area contributed by atoms with Gasteiger partial charge < -0.3 is 19.7 Å². The number of piperidine rings is 1. The fourth-order valence-electron chi connectivity index (χ4n) is 3.40. The summed E-state index contributed by atoms with van der Waals surface area (Å²) in [6, 6.07) is 6.35. The van der Waals surface area contributed by atoms with Gasteiger partial charge in [0.25, 0.3) is 0 Å². The molecule has 2 aliphatic heterocycles. The average molecular weight is 355 g/mol. The number of hydrogen-bond acceptors (Lipinski definition) is 4. The lowest BCUT2D eigenvalue weighted by Gasteiger charge is -2.27. The largest absolute Gasteiger partial charge is 0.496 e. The number of morpholine rings is 1. The van der Waals surface area contributed by atoms with Crippen LogP contribution in [-0.4, -0.2) is 57.3 Å². The summed E-state index contributed by atoms with van der Waals surface area (Å²) in [6.45, 7) is 4.80. The van der Waals surface area contributed by atoms with Gasteiger partial charge in [-0.1, -0.05) is 12.1 Å². The Labute approximate surface area is 150 Å². The number of methoxy groups -OCH3 is 1. The lowest BCUT2D eigenvalue weighted by atomic mass is 9.89. The molecule has 0 saturated carbocycles. The second kappa shape index (κ2) is 9.25. The first-order valence-electron chi connectivity index (χ1n) is 8.51. The van der Waals surface area contributed by atoms with Crippen LogP contribution in [0.15, 0.2) is 18.2 Å². The molecule has 5 nitrogen and oxygen atoms in total. The maximum absolute atomic E-state index is 12.4. The molecule has 0 bridgehead atoms. The Hall–Kier alpha value is -1.30. The van der Waals surface area contributed by atoms with Gasteiger partial charge in [-0.25, -0.2) is 0 Å². The van der Waals surface area contributed by atoms with Gasteiger partial charge in [0, 0.05) is 18.7 Å². The van der Waals surface area contributed by atoms with Gasteiger partial charge in [0.15, 0.2) is 0 Å². The molecule has 1 aromatic carbocycles. The van der Waals surface area contributed by atoms with Crippen LogP contribution < -0.4 is 10.1 Å². The average Bonchev–Trinajstić information content (AvgIpc) is 2.63. The Morgan fingerprint density at radius 3 is 2.67 bits per heavy atom. The number of carbonyl (C=O) groups is 1. The maximum atomic E-state index is 12.4. The fraction of sp³-hybridized carbons (Fsp3) is 0.611. The fourth-order valence-corrected chi connectivity index (χ4v) is 3.40. The van der Waals surface area contributed by atoms with E-state index in [2.05, 4.69) is 23.5 Å². The lowest BCUT2D eigenvalue weighted by molar-refractivity contribution is -0.134. The summed E-state index contributed by atoms with van der Waals surface area (Å²) >= 11 is 0. The third kappa shape index (κ3) is 4.62. The van der Waals surface area contributed by atoms with Gasteiger partial charge in [0.1, 0.15) is 5.75 Å². The van der Waals surface area contributed by atoms with Crippen LogP contribution >= 0.6 is 12.4 Å². The van der Waals surface area contributed by atoms with E-state index in [1.165, 1.54) is 5.56 Å². The number of amides is 1. The second-order valence-corrected chi connectivity index (χ2v) is 6.27. The lowest BCUT2D eigenvalue weighted by Crippen LogP contribution is -2.41. The number of ether oxygens (including phenoxy) is 2. The van der Waals surface area contributed by atoms with Crippen molar-refractivity contribution in [3.8, 4) is 5.75 Å². The van der Waals surface area contributed by atoms with E-state index in [9.17, 15) is 4.79 Å². The van der Waals surface area contributed by atoms with Crippen LogP contribution in [0.3, 0.4) is 0 Å². The molecule has 2 aliphatic rings. The molecule has 6 heteroatoms. The van der Waals surface area contributed by atoms with Crippen molar-refractivity contribution in [3.05, 3.63) is 29.3 Å².